The SMILES string of the molecule is CCCCCCCCOC(CCC=COCOCOC=CCCC(OCCCCCCCC)OCCCCCCCC)OCCCCCCCC. The summed E-state index contributed by atoms with van der Waals surface area (Å²) in [6, 6.07) is 0. The molecule has 0 aromatic heterocycles. The Morgan fingerprint density at radius 3 is 0.922 bits per heavy atom. The molecule has 0 spiro atoms. The number of hydrogen-bond acceptors (Lipinski definition) is 7. The van der Waals surface area contributed by atoms with Gasteiger partial charge in [-0.2, -0.15) is 0 Å². The summed E-state index contributed by atoms with van der Waals surface area (Å²) < 4.78 is 40.9. The van der Waals surface area contributed by atoms with E-state index in [2.05, 4.69) is 27.7 Å². The van der Waals surface area contributed by atoms with Gasteiger partial charge >= 0.3 is 0 Å². The Hall–Kier alpha value is -1.12. The van der Waals surface area contributed by atoms with Crippen molar-refractivity contribution < 1.29 is 33.2 Å². The minimum absolute atomic E-state index is 0.147. The zero-order valence-corrected chi connectivity index (χ0v) is 34.4. The van der Waals surface area contributed by atoms with Crippen LogP contribution in [0.25, 0.3) is 0 Å². The van der Waals surface area contributed by atoms with E-state index in [4.69, 9.17) is 33.2 Å². The first-order valence-corrected chi connectivity index (χ1v) is 21.9. The van der Waals surface area contributed by atoms with Crippen molar-refractivity contribution in [3.8, 4) is 0 Å². The van der Waals surface area contributed by atoms with E-state index in [-0.39, 0.29) is 26.2 Å². The van der Waals surface area contributed by atoms with Crippen molar-refractivity contribution >= 4 is 0 Å². The molecule has 0 aliphatic heterocycles. The molecule has 0 bridgehead atoms. The molecule has 304 valence electrons. The smallest absolute Gasteiger partial charge is 0.191 e. The molecule has 0 aromatic carbocycles. The second-order valence-corrected chi connectivity index (χ2v) is 14.1. The van der Waals surface area contributed by atoms with Crippen molar-refractivity contribution in [1.82, 2.24) is 0 Å². The van der Waals surface area contributed by atoms with Gasteiger partial charge in [0.25, 0.3) is 0 Å². The average Bonchev–Trinajstić information content (AvgIpc) is 3.14. The molecule has 0 aromatic rings. The minimum Gasteiger partial charge on any atom is -0.475 e. The predicted molar refractivity (Wildman–Crippen MR) is 215 cm³/mol. The van der Waals surface area contributed by atoms with Gasteiger partial charge in [-0.3, -0.25) is 0 Å². The third kappa shape index (κ3) is 41.5. The Morgan fingerprint density at radius 2 is 0.627 bits per heavy atom. The molecule has 0 radical (unpaired) electrons. The summed E-state index contributed by atoms with van der Waals surface area (Å²) in [5.74, 6) is 0. The maximum Gasteiger partial charge on any atom is 0.191 e. The fraction of sp³-hybridized carbons (Fsp3) is 0.909. The van der Waals surface area contributed by atoms with E-state index in [9.17, 15) is 0 Å². The Balaban J connectivity index is 4.16. The van der Waals surface area contributed by atoms with Crippen LogP contribution in [-0.2, 0) is 33.2 Å². The van der Waals surface area contributed by atoms with Crippen LogP contribution in [-0.4, -0.2) is 52.6 Å². The number of allylic oxidation sites excluding steroid dienone is 2. The van der Waals surface area contributed by atoms with Crippen LogP contribution in [0.3, 0.4) is 0 Å². The summed E-state index contributed by atoms with van der Waals surface area (Å²) in [4.78, 5) is 0. The molecule has 0 fully saturated rings. The zero-order valence-electron chi connectivity index (χ0n) is 34.4. The summed E-state index contributed by atoms with van der Waals surface area (Å²) in [6.45, 7) is 12.4. The number of unbranched alkanes of at least 4 members (excludes halogenated alkanes) is 20. The van der Waals surface area contributed by atoms with Gasteiger partial charge in [-0.05, 0) is 50.7 Å². The average molecular weight is 727 g/mol. The van der Waals surface area contributed by atoms with Gasteiger partial charge < -0.3 is 33.2 Å². The van der Waals surface area contributed by atoms with Crippen LogP contribution in [0.15, 0.2) is 24.7 Å². The van der Waals surface area contributed by atoms with Crippen LogP contribution >= 0.6 is 0 Å². The standard InChI is InChI=1S/C44H86O7/c1-5-9-13-17-21-27-37-48-43(49-38-28-22-18-14-10-6-2)33-25-31-35-45-41-47-42-46-36-32-26-34-44(50-39-29-23-19-15-11-7-3)51-40-30-24-20-16-12-8-4/h31-32,35-36,43-44H,5-30,33-34,37-42H2,1-4H3. The highest BCUT2D eigenvalue weighted by molar-refractivity contribution is 4.74. The molecule has 51 heavy (non-hydrogen) atoms. The maximum absolute atomic E-state index is 6.12. The molecule has 0 saturated carbocycles. The lowest BCUT2D eigenvalue weighted by Gasteiger charge is -2.18. The van der Waals surface area contributed by atoms with Gasteiger partial charge in [0.1, 0.15) is 0 Å². The lowest BCUT2D eigenvalue weighted by molar-refractivity contribution is -0.146. The minimum atomic E-state index is -0.147. The highest BCUT2D eigenvalue weighted by Crippen LogP contribution is 2.13. The summed E-state index contributed by atoms with van der Waals surface area (Å²) in [7, 11) is 0. The Labute approximate surface area is 317 Å². The molecule has 0 aliphatic rings. The van der Waals surface area contributed by atoms with Crippen LogP contribution in [0.4, 0.5) is 0 Å². The molecule has 0 aliphatic carbocycles. The number of ether oxygens (including phenoxy) is 7. The van der Waals surface area contributed by atoms with Gasteiger partial charge in [0.2, 0.25) is 0 Å². The second kappa shape index (κ2) is 45.0. The normalized spacial score (nSPS) is 12.0. The van der Waals surface area contributed by atoms with Crippen LogP contribution in [0.1, 0.15) is 207 Å². The summed E-state index contributed by atoms with van der Waals surface area (Å²) in [5.41, 5.74) is 0. The molecule has 0 unspecified atom stereocenters. The van der Waals surface area contributed by atoms with Crippen LogP contribution in [0, 0.1) is 0 Å². The van der Waals surface area contributed by atoms with Crippen molar-refractivity contribution in [1.29, 1.82) is 0 Å². The summed E-state index contributed by atoms with van der Waals surface area (Å²) in [5, 5.41) is 0. The Kier molecular flexibility index (Phi) is 44.0. The first-order chi connectivity index (χ1) is 25.3. The first-order valence-electron chi connectivity index (χ1n) is 21.9. The van der Waals surface area contributed by atoms with Gasteiger partial charge in [-0.25, -0.2) is 0 Å². The van der Waals surface area contributed by atoms with Crippen LogP contribution < -0.4 is 0 Å². The molecule has 0 atom stereocenters. The summed E-state index contributed by atoms with van der Waals surface area (Å²) in [6.07, 6.45) is 40.8. The van der Waals surface area contributed by atoms with Crippen molar-refractivity contribution in [3.05, 3.63) is 24.7 Å². The third-order valence-electron chi connectivity index (χ3n) is 9.03. The fourth-order valence-electron chi connectivity index (χ4n) is 5.76. The molecule has 0 rings (SSSR count). The Morgan fingerprint density at radius 1 is 0.353 bits per heavy atom. The van der Waals surface area contributed by atoms with E-state index in [1.54, 1.807) is 12.5 Å². The largest absolute Gasteiger partial charge is 0.475 e. The van der Waals surface area contributed by atoms with Crippen LogP contribution in [0.5, 0.6) is 0 Å². The fourth-order valence-corrected chi connectivity index (χ4v) is 5.76. The molecular weight excluding hydrogens is 640 g/mol. The van der Waals surface area contributed by atoms with E-state index in [0.717, 1.165) is 77.8 Å². The molecule has 0 amide bonds. The molecule has 7 nitrogen and oxygen atoms in total. The van der Waals surface area contributed by atoms with Gasteiger partial charge in [0.15, 0.2) is 26.2 Å². The van der Waals surface area contributed by atoms with Crippen molar-refractivity contribution in [3.63, 3.8) is 0 Å². The van der Waals surface area contributed by atoms with Gasteiger partial charge in [0.05, 0.1) is 12.5 Å². The lowest BCUT2D eigenvalue weighted by atomic mass is 10.1. The maximum atomic E-state index is 6.12. The lowest BCUT2D eigenvalue weighted by Crippen LogP contribution is -2.18. The number of hydrogen-bond donors (Lipinski definition) is 0. The topological polar surface area (TPSA) is 64.6 Å². The summed E-state index contributed by atoms with van der Waals surface area (Å²) >= 11 is 0. The highest BCUT2D eigenvalue weighted by Gasteiger charge is 2.10. The van der Waals surface area contributed by atoms with Gasteiger partial charge in [0, 0.05) is 39.3 Å². The van der Waals surface area contributed by atoms with E-state index < -0.39 is 0 Å². The van der Waals surface area contributed by atoms with E-state index >= 15 is 0 Å². The molecule has 7 heteroatoms. The first kappa shape index (κ1) is 49.9. The molecule has 0 saturated heterocycles. The quantitative estimate of drug-likeness (QED) is 0.0352. The number of rotatable bonds is 44. The zero-order chi connectivity index (χ0) is 37.0. The van der Waals surface area contributed by atoms with Crippen LogP contribution in [0.2, 0.25) is 0 Å². The molecular formula is C44H86O7. The highest BCUT2D eigenvalue weighted by atomic mass is 16.7. The van der Waals surface area contributed by atoms with Gasteiger partial charge in [-0.1, -0.05) is 156 Å². The van der Waals surface area contributed by atoms with E-state index in [1.165, 1.54) is 128 Å². The van der Waals surface area contributed by atoms with E-state index in [0.29, 0.717) is 0 Å². The van der Waals surface area contributed by atoms with Crippen molar-refractivity contribution in [2.45, 2.75) is 220 Å². The third-order valence-corrected chi connectivity index (χ3v) is 9.03. The van der Waals surface area contributed by atoms with Gasteiger partial charge in [-0.15, -0.1) is 0 Å². The molecule has 0 heterocycles. The molecule has 0 N–H and O–H groups in total. The predicted octanol–water partition coefficient (Wildman–Crippen LogP) is 13.7. The Bertz CT molecular complexity index is 594. The van der Waals surface area contributed by atoms with Crippen molar-refractivity contribution in [2.75, 3.05) is 40.0 Å². The van der Waals surface area contributed by atoms with Crippen molar-refractivity contribution in [2.24, 2.45) is 0 Å². The van der Waals surface area contributed by atoms with E-state index in [1.807, 2.05) is 12.2 Å². The second-order valence-electron chi connectivity index (χ2n) is 14.1. The monoisotopic (exact) mass is 727 g/mol.